The second-order valence-electron chi connectivity index (χ2n) is 4.60. The van der Waals surface area contributed by atoms with Gasteiger partial charge in [-0.15, -0.1) is 0 Å². The van der Waals surface area contributed by atoms with Crippen LogP contribution >= 0.6 is 0 Å². The van der Waals surface area contributed by atoms with Gasteiger partial charge in [0.2, 0.25) is 0 Å². The maximum absolute atomic E-state index is 10.8. The van der Waals surface area contributed by atoms with Gasteiger partial charge in [-0.25, -0.2) is 8.42 Å². The van der Waals surface area contributed by atoms with Crippen LogP contribution in [0, 0.1) is 0 Å². The quantitative estimate of drug-likeness (QED) is 0.332. The second-order valence-corrected chi connectivity index (χ2v) is 6.26. The molecule has 0 fully saturated rings. The summed E-state index contributed by atoms with van der Waals surface area (Å²) in [5.41, 5.74) is 0. The van der Waals surface area contributed by atoms with E-state index in [0.717, 1.165) is 25.7 Å². The van der Waals surface area contributed by atoms with Crippen molar-refractivity contribution in [1.82, 2.24) is 0 Å². The molecule has 2 atom stereocenters. The van der Waals surface area contributed by atoms with Crippen LogP contribution in [0.3, 0.4) is 0 Å². The Kier molecular flexibility index (Phi) is 13.7. The van der Waals surface area contributed by atoms with Crippen LogP contribution in [0.25, 0.3) is 0 Å². The molecule has 0 aromatic carbocycles. The Bertz CT molecular complexity index is 280. The number of rotatable bonds is 10. The molecule has 0 aliphatic heterocycles. The van der Waals surface area contributed by atoms with Crippen LogP contribution in [0.2, 0.25) is 0 Å². The van der Waals surface area contributed by atoms with Crippen molar-refractivity contribution < 1.29 is 47.6 Å². The molecular weight excluding hydrogens is 263 g/mol. The fourth-order valence-corrected chi connectivity index (χ4v) is 2.75. The van der Waals surface area contributed by atoms with Crippen molar-refractivity contribution in [3.05, 3.63) is 0 Å². The monoisotopic (exact) mass is 288 g/mol. The van der Waals surface area contributed by atoms with Crippen LogP contribution in [0.1, 0.15) is 65.2 Å². The topological polar surface area (TPSA) is 77.4 Å². The fraction of sp³-hybridized carbons (Fsp3) is 1.00. The van der Waals surface area contributed by atoms with Crippen LogP contribution in [0.4, 0.5) is 0 Å². The van der Waals surface area contributed by atoms with E-state index >= 15 is 0 Å². The van der Waals surface area contributed by atoms with Crippen LogP contribution < -0.4 is 29.6 Å². The first kappa shape index (κ1) is 21.2. The Morgan fingerprint density at radius 2 is 1.56 bits per heavy atom. The molecule has 6 heteroatoms. The predicted octanol–water partition coefficient (Wildman–Crippen LogP) is -0.574. The normalized spacial score (nSPS) is 14.9. The van der Waals surface area contributed by atoms with Crippen LogP contribution in [0.5, 0.6) is 0 Å². The molecule has 0 heterocycles. The number of hydrogen-bond donors (Lipinski definition) is 1. The third kappa shape index (κ3) is 10.8. The third-order valence-electron chi connectivity index (χ3n) is 3.07. The molecule has 0 saturated heterocycles. The van der Waals surface area contributed by atoms with Crippen molar-refractivity contribution in [2.75, 3.05) is 0 Å². The van der Waals surface area contributed by atoms with E-state index in [1.54, 1.807) is 6.92 Å². The molecule has 0 radical (unpaired) electrons. The summed E-state index contributed by atoms with van der Waals surface area (Å²) < 4.78 is 32.5. The van der Waals surface area contributed by atoms with Gasteiger partial charge in [0.15, 0.2) is 0 Å². The molecule has 0 aliphatic rings. The Morgan fingerprint density at radius 1 is 1.06 bits per heavy atom. The minimum absolute atomic E-state index is 0. The molecular formula is C12H25NaO4S. The Labute approximate surface area is 134 Å². The van der Waals surface area contributed by atoms with Gasteiger partial charge in [0, 0.05) is 5.25 Å². The van der Waals surface area contributed by atoms with Crippen molar-refractivity contribution in [2.45, 2.75) is 76.6 Å². The van der Waals surface area contributed by atoms with E-state index in [-0.39, 0.29) is 35.7 Å². The van der Waals surface area contributed by atoms with E-state index in [0.29, 0.717) is 25.7 Å². The first-order valence-corrected chi connectivity index (χ1v) is 8.01. The van der Waals surface area contributed by atoms with E-state index in [1.807, 2.05) is 0 Å². The fourth-order valence-electron chi connectivity index (χ4n) is 1.89. The molecule has 1 N–H and O–H groups in total. The summed E-state index contributed by atoms with van der Waals surface area (Å²) >= 11 is 0. The van der Waals surface area contributed by atoms with Crippen LogP contribution in [-0.4, -0.2) is 29.4 Å². The van der Waals surface area contributed by atoms with Crippen molar-refractivity contribution in [3.8, 4) is 0 Å². The van der Waals surface area contributed by atoms with E-state index in [4.69, 9.17) is 0 Å². The summed E-state index contributed by atoms with van der Waals surface area (Å²) in [6.07, 6.45) is 5.62. The summed E-state index contributed by atoms with van der Waals surface area (Å²) in [6, 6.07) is 0. The molecule has 0 spiro atoms. The van der Waals surface area contributed by atoms with Crippen molar-refractivity contribution in [2.24, 2.45) is 0 Å². The van der Waals surface area contributed by atoms with Crippen LogP contribution in [-0.2, 0) is 10.1 Å². The molecule has 18 heavy (non-hydrogen) atoms. The first-order valence-electron chi connectivity index (χ1n) is 6.54. The van der Waals surface area contributed by atoms with E-state index < -0.39 is 15.4 Å². The van der Waals surface area contributed by atoms with Gasteiger partial charge in [-0.1, -0.05) is 39.5 Å². The van der Waals surface area contributed by atoms with Gasteiger partial charge in [-0.3, -0.25) is 0 Å². The van der Waals surface area contributed by atoms with Crippen molar-refractivity contribution in [3.63, 3.8) is 0 Å². The molecule has 104 valence electrons. The summed E-state index contributed by atoms with van der Waals surface area (Å²) in [6.45, 7) is 3.80. The van der Waals surface area contributed by atoms with E-state index in [2.05, 4.69) is 6.92 Å². The molecule has 0 amide bonds. The zero-order chi connectivity index (χ0) is 13.3. The summed E-state index contributed by atoms with van der Waals surface area (Å²) in [5, 5.41) is 8.83. The van der Waals surface area contributed by atoms with Gasteiger partial charge in [0.1, 0.15) is 0 Å². The van der Waals surface area contributed by atoms with E-state index in [9.17, 15) is 18.1 Å². The van der Waals surface area contributed by atoms with E-state index in [1.165, 1.54) is 0 Å². The molecule has 0 aromatic rings. The number of aliphatic hydroxyl groups excluding tert-OH is 1. The number of unbranched alkanes of at least 4 members (excludes halogenated alkanes) is 2. The molecule has 0 aromatic heterocycles. The number of aliphatic hydroxyl groups is 1. The number of hydrogen-bond acceptors (Lipinski definition) is 4. The molecule has 4 nitrogen and oxygen atoms in total. The maximum atomic E-state index is 10.8. The van der Waals surface area contributed by atoms with Gasteiger partial charge in [0.05, 0.1) is 16.2 Å². The average Bonchev–Trinajstić information content (AvgIpc) is 2.24. The Hall–Kier alpha value is 0.870. The zero-order valence-corrected chi connectivity index (χ0v) is 14.7. The average molecular weight is 288 g/mol. The standard InChI is InChI=1S/C12H26O4S.Na/c1-3-5-8-11(13)9-6-7-10-12(4-2)17(14,15)16;/h11-13H,3-10H2,1-2H3,(H,14,15,16);/q;+1/p-1. The van der Waals surface area contributed by atoms with Gasteiger partial charge >= 0.3 is 29.6 Å². The largest absolute Gasteiger partial charge is 1.00 e. The summed E-state index contributed by atoms with van der Waals surface area (Å²) in [5.74, 6) is 0. The molecule has 2 unspecified atom stereocenters. The van der Waals surface area contributed by atoms with Crippen LogP contribution in [0.15, 0.2) is 0 Å². The summed E-state index contributed by atoms with van der Waals surface area (Å²) in [7, 11) is -4.14. The van der Waals surface area contributed by atoms with Gasteiger partial charge in [0.25, 0.3) is 0 Å². The molecule has 0 aliphatic carbocycles. The third-order valence-corrected chi connectivity index (χ3v) is 4.45. The summed E-state index contributed by atoms with van der Waals surface area (Å²) in [4.78, 5) is 0. The Balaban J connectivity index is 0. The van der Waals surface area contributed by atoms with Gasteiger partial charge in [-0.05, 0) is 25.7 Å². The predicted molar refractivity (Wildman–Crippen MR) is 67.8 cm³/mol. The maximum Gasteiger partial charge on any atom is 1.00 e. The van der Waals surface area contributed by atoms with Crippen molar-refractivity contribution in [1.29, 1.82) is 0 Å². The smallest absolute Gasteiger partial charge is 0.748 e. The molecule has 0 bridgehead atoms. The molecule has 0 rings (SSSR count). The van der Waals surface area contributed by atoms with Crippen molar-refractivity contribution >= 4 is 10.1 Å². The van der Waals surface area contributed by atoms with Gasteiger partial charge in [-0.2, -0.15) is 0 Å². The Morgan fingerprint density at radius 3 is 2.00 bits per heavy atom. The first-order chi connectivity index (χ1) is 7.91. The minimum Gasteiger partial charge on any atom is -0.748 e. The SMILES string of the molecule is CCCCC(O)CCCCC(CC)S(=O)(=O)[O-].[Na+]. The minimum atomic E-state index is -4.14. The van der Waals surface area contributed by atoms with Gasteiger partial charge < -0.3 is 9.66 Å². The zero-order valence-electron chi connectivity index (χ0n) is 11.9. The molecule has 0 saturated carbocycles. The second kappa shape index (κ2) is 11.7.